The molecule has 194 valence electrons. The smallest absolute Gasteiger partial charge is 0.270 e. The summed E-state index contributed by atoms with van der Waals surface area (Å²) in [5.74, 6) is -1.25. The van der Waals surface area contributed by atoms with Crippen molar-refractivity contribution in [2.45, 2.75) is 6.92 Å². The van der Waals surface area contributed by atoms with Crippen LogP contribution in [0.25, 0.3) is 6.08 Å². The van der Waals surface area contributed by atoms with Crippen LogP contribution in [0.15, 0.2) is 72.3 Å². The number of thiocarbonyl (C=S) groups is 1. The molecule has 1 aliphatic heterocycles. The van der Waals surface area contributed by atoms with Gasteiger partial charge in [-0.3, -0.25) is 24.6 Å². The lowest BCUT2D eigenvalue weighted by Crippen LogP contribution is -2.54. The molecule has 0 aromatic heterocycles. The Kier molecular flexibility index (Phi) is 8.62. The van der Waals surface area contributed by atoms with Crippen molar-refractivity contribution in [3.63, 3.8) is 0 Å². The van der Waals surface area contributed by atoms with Gasteiger partial charge < -0.3 is 14.8 Å². The second kappa shape index (κ2) is 12.1. The lowest BCUT2D eigenvalue weighted by atomic mass is 10.1. The van der Waals surface area contributed by atoms with Crippen LogP contribution in [0.1, 0.15) is 12.5 Å². The molecule has 2 N–H and O–H groups in total. The van der Waals surface area contributed by atoms with E-state index in [1.165, 1.54) is 17.0 Å². The van der Waals surface area contributed by atoms with E-state index in [1.807, 2.05) is 0 Å². The first-order valence-electron chi connectivity index (χ1n) is 11.4. The summed E-state index contributed by atoms with van der Waals surface area (Å²) in [6, 6.07) is 18.4. The zero-order chi connectivity index (χ0) is 27.2. The number of rotatable bonds is 8. The molecule has 1 heterocycles. The van der Waals surface area contributed by atoms with Crippen molar-refractivity contribution < 1.29 is 23.9 Å². The Balaban J connectivity index is 1.57. The summed E-state index contributed by atoms with van der Waals surface area (Å²) >= 11 is 17.6. The molecule has 8 nitrogen and oxygen atoms in total. The molecule has 0 bridgehead atoms. The molecule has 4 rings (SSSR count). The van der Waals surface area contributed by atoms with Crippen molar-refractivity contribution in [3.8, 4) is 11.5 Å². The Morgan fingerprint density at radius 3 is 2.45 bits per heavy atom. The SMILES string of the molecule is CCOc1cc(/C=C2/C(=O)NC(=S)N(c3ccccc3)C2=O)cc(Cl)c1OCC(=O)Nc1ccc(Cl)cc1. The summed E-state index contributed by atoms with van der Waals surface area (Å²) in [6.45, 7) is 1.71. The Morgan fingerprint density at radius 2 is 1.76 bits per heavy atom. The molecule has 1 aliphatic rings. The molecule has 0 radical (unpaired) electrons. The molecule has 11 heteroatoms. The van der Waals surface area contributed by atoms with Crippen LogP contribution in [0, 0.1) is 0 Å². The molecule has 3 amide bonds. The van der Waals surface area contributed by atoms with Crippen LogP contribution in [-0.4, -0.2) is 36.0 Å². The largest absolute Gasteiger partial charge is 0.490 e. The molecular formula is C27H21Cl2N3O5S. The number of para-hydroxylation sites is 1. The second-order valence-corrected chi connectivity index (χ2v) is 9.13. The Morgan fingerprint density at radius 1 is 1.05 bits per heavy atom. The first-order valence-corrected chi connectivity index (χ1v) is 12.5. The molecule has 0 aliphatic carbocycles. The predicted octanol–water partition coefficient (Wildman–Crippen LogP) is 5.24. The van der Waals surface area contributed by atoms with E-state index in [9.17, 15) is 14.4 Å². The van der Waals surface area contributed by atoms with E-state index in [0.29, 0.717) is 22.0 Å². The number of carbonyl (C=O) groups is 3. The summed E-state index contributed by atoms with van der Waals surface area (Å²) in [4.78, 5) is 39.5. The summed E-state index contributed by atoms with van der Waals surface area (Å²) in [5.41, 5.74) is 1.34. The van der Waals surface area contributed by atoms with Crippen LogP contribution in [0.2, 0.25) is 10.0 Å². The van der Waals surface area contributed by atoms with Gasteiger partial charge in [0.2, 0.25) is 0 Å². The quantitative estimate of drug-likeness (QED) is 0.219. The third-order valence-electron chi connectivity index (χ3n) is 5.23. The molecule has 1 saturated heterocycles. The van der Waals surface area contributed by atoms with Crippen molar-refractivity contribution in [1.82, 2.24) is 5.32 Å². The highest BCUT2D eigenvalue weighted by atomic mass is 35.5. The first-order chi connectivity index (χ1) is 18.3. The molecule has 0 spiro atoms. The fourth-order valence-electron chi connectivity index (χ4n) is 3.58. The predicted molar refractivity (Wildman–Crippen MR) is 151 cm³/mol. The van der Waals surface area contributed by atoms with Gasteiger partial charge in [-0.05, 0) is 79.3 Å². The maximum Gasteiger partial charge on any atom is 0.270 e. The van der Waals surface area contributed by atoms with Gasteiger partial charge in [0.15, 0.2) is 23.2 Å². The van der Waals surface area contributed by atoms with E-state index in [1.54, 1.807) is 67.6 Å². The van der Waals surface area contributed by atoms with Gasteiger partial charge in [-0.1, -0.05) is 41.4 Å². The van der Waals surface area contributed by atoms with Crippen LogP contribution in [-0.2, 0) is 14.4 Å². The fourth-order valence-corrected chi connectivity index (χ4v) is 4.26. The third-order valence-corrected chi connectivity index (χ3v) is 6.05. The molecule has 0 atom stereocenters. The first kappa shape index (κ1) is 27.1. The van der Waals surface area contributed by atoms with E-state index in [-0.39, 0.29) is 40.4 Å². The van der Waals surface area contributed by atoms with Crippen LogP contribution in [0.4, 0.5) is 11.4 Å². The minimum absolute atomic E-state index is 0.0167. The molecular weight excluding hydrogens is 549 g/mol. The van der Waals surface area contributed by atoms with Gasteiger partial charge in [-0.25, -0.2) is 0 Å². The van der Waals surface area contributed by atoms with Gasteiger partial charge in [-0.15, -0.1) is 0 Å². The minimum Gasteiger partial charge on any atom is -0.490 e. The number of hydrogen-bond acceptors (Lipinski definition) is 6. The van der Waals surface area contributed by atoms with Gasteiger partial charge in [-0.2, -0.15) is 0 Å². The molecule has 38 heavy (non-hydrogen) atoms. The minimum atomic E-state index is -0.638. The Labute approximate surface area is 234 Å². The molecule has 0 unspecified atom stereocenters. The molecule has 3 aromatic rings. The number of nitrogens with one attached hydrogen (secondary N) is 2. The van der Waals surface area contributed by atoms with E-state index in [4.69, 9.17) is 44.9 Å². The van der Waals surface area contributed by atoms with Crippen LogP contribution < -0.4 is 25.0 Å². The zero-order valence-corrected chi connectivity index (χ0v) is 22.3. The van der Waals surface area contributed by atoms with E-state index >= 15 is 0 Å². The standard InChI is InChI=1S/C27H21Cl2N3O5S/c1-2-36-22-14-16(12-20-25(34)31-27(38)32(26(20)35)19-6-4-3-5-7-19)13-21(29)24(22)37-15-23(33)30-18-10-8-17(28)9-11-18/h3-14H,2,15H2,1H3,(H,30,33)(H,31,34,38)/b20-12-. The Bertz CT molecular complexity index is 1430. The number of ether oxygens (including phenoxy) is 2. The van der Waals surface area contributed by atoms with Gasteiger partial charge in [0, 0.05) is 10.7 Å². The highest BCUT2D eigenvalue weighted by Crippen LogP contribution is 2.37. The maximum absolute atomic E-state index is 13.2. The van der Waals surface area contributed by atoms with E-state index in [0.717, 1.165) is 0 Å². The van der Waals surface area contributed by atoms with Gasteiger partial charge >= 0.3 is 0 Å². The second-order valence-electron chi connectivity index (χ2n) is 7.90. The summed E-state index contributed by atoms with van der Waals surface area (Å²) in [6.07, 6.45) is 1.39. The van der Waals surface area contributed by atoms with Crippen LogP contribution >= 0.6 is 35.4 Å². The maximum atomic E-state index is 13.2. The van der Waals surface area contributed by atoms with Crippen molar-refractivity contribution in [2.24, 2.45) is 0 Å². The average molecular weight is 570 g/mol. The molecule has 1 fully saturated rings. The van der Waals surface area contributed by atoms with Gasteiger partial charge in [0.25, 0.3) is 17.7 Å². The highest BCUT2D eigenvalue weighted by molar-refractivity contribution is 7.80. The zero-order valence-electron chi connectivity index (χ0n) is 20.0. The van der Waals surface area contributed by atoms with Crippen molar-refractivity contribution >= 4 is 75.7 Å². The summed E-state index contributed by atoms with van der Waals surface area (Å²) in [7, 11) is 0. The van der Waals surface area contributed by atoms with E-state index < -0.39 is 17.7 Å². The lowest BCUT2D eigenvalue weighted by Gasteiger charge is -2.28. The number of benzene rings is 3. The molecule has 3 aromatic carbocycles. The number of nitrogens with zero attached hydrogens (tertiary/aromatic N) is 1. The number of amides is 3. The average Bonchev–Trinajstić information content (AvgIpc) is 2.88. The number of anilines is 2. The summed E-state index contributed by atoms with van der Waals surface area (Å²) in [5, 5.41) is 5.89. The highest BCUT2D eigenvalue weighted by Gasteiger charge is 2.34. The van der Waals surface area contributed by atoms with Crippen molar-refractivity contribution in [1.29, 1.82) is 0 Å². The van der Waals surface area contributed by atoms with E-state index in [2.05, 4.69) is 10.6 Å². The lowest BCUT2D eigenvalue weighted by molar-refractivity contribution is -0.122. The normalized spacial score (nSPS) is 14.3. The number of carbonyl (C=O) groups excluding carboxylic acids is 3. The van der Waals surface area contributed by atoms with Crippen LogP contribution in [0.3, 0.4) is 0 Å². The van der Waals surface area contributed by atoms with Crippen molar-refractivity contribution in [3.05, 3.63) is 87.9 Å². The fraction of sp³-hybridized carbons (Fsp3) is 0.111. The monoisotopic (exact) mass is 569 g/mol. The Hall–Kier alpha value is -3.92. The summed E-state index contributed by atoms with van der Waals surface area (Å²) < 4.78 is 11.3. The van der Waals surface area contributed by atoms with Gasteiger partial charge in [0.1, 0.15) is 5.57 Å². The number of hydrogen-bond donors (Lipinski definition) is 2. The third kappa shape index (κ3) is 6.31. The number of halogens is 2. The van der Waals surface area contributed by atoms with Crippen molar-refractivity contribution in [2.75, 3.05) is 23.4 Å². The topological polar surface area (TPSA) is 97.0 Å². The van der Waals surface area contributed by atoms with Crippen LogP contribution in [0.5, 0.6) is 11.5 Å². The van der Waals surface area contributed by atoms with Gasteiger partial charge in [0.05, 0.1) is 17.3 Å². The molecule has 0 saturated carbocycles.